The van der Waals surface area contributed by atoms with Gasteiger partial charge in [0.2, 0.25) is 10.3 Å². The highest BCUT2D eigenvalue weighted by molar-refractivity contribution is 7.99. The first-order chi connectivity index (χ1) is 14.5. The van der Waals surface area contributed by atoms with Gasteiger partial charge in [0.1, 0.15) is 11.8 Å². The average Bonchev–Trinajstić information content (AvgIpc) is 3.44. The van der Waals surface area contributed by atoms with E-state index in [9.17, 15) is 9.59 Å². The number of amides is 3. The van der Waals surface area contributed by atoms with E-state index in [0.29, 0.717) is 29.1 Å². The number of rotatable bonds is 6. The molecule has 1 fully saturated rings. The van der Waals surface area contributed by atoms with Crippen LogP contribution in [0.5, 0.6) is 5.75 Å². The van der Waals surface area contributed by atoms with E-state index < -0.39 is 12.1 Å². The van der Waals surface area contributed by atoms with E-state index in [2.05, 4.69) is 25.1 Å². The van der Waals surface area contributed by atoms with Crippen molar-refractivity contribution in [1.82, 2.24) is 24.5 Å². The Morgan fingerprint density at radius 3 is 2.80 bits per heavy atom. The molecule has 2 aromatic heterocycles. The first-order valence-corrected chi connectivity index (χ1v) is 10.6. The molecule has 1 aliphatic rings. The van der Waals surface area contributed by atoms with E-state index in [4.69, 9.17) is 4.74 Å². The van der Waals surface area contributed by atoms with Crippen LogP contribution in [0.25, 0.3) is 0 Å². The van der Waals surface area contributed by atoms with Crippen molar-refractivity contribution in [2.24, 2.45) is 7.05 Å². The van der Waals surface area contributed by atoms with Gasteiger partial charge in [0.25, 0.3) is 5.91 Å². The van der Waals surface area contributed by atoms with E-state index in [0.717, 1.165) is 22.2 Å². The van der Waals surface area contributed by atoms with Gasteiger partial charge in [0, 0.05) is 42.3 Å². The lowest BCUT2D eigenvalue weighted by atomic mass is 10.2. The summed E-state index contributed by atoms with van der Waals surface area (Å²) in [6, 6.07) is 8.19. The standard InChI is InChI=1S/C18H19N7O3S2/c1-24-9-8-14(22-24)25-10-7-13(15(25)26)19-16(27)20-17-21-18(23-30-17)29-12-5-3-11(28-2)4-6-12/h3-6,8-9,13H,7,10H2,1-2H3,(H2,19,20,21,23,27). The number of anilines is 2. The number of hydrogen-bond acceptors (Lipinski definition) is 8. The lowest BCUT2D eigenvalue weighted by Gasteiger charge is -2.14. The number of ether oxygens (including phenoxy) is 1. The Bertz CT molecular complexity index is 1050. The summed E-state index contributed by atoms with van der Waals surface area (Å²) in [5, 5.41) is 10.5. The predicted octanol–water partition coefficient (Wildman–Crippen LogP) is 2.36. The van der Waals surface area contributed by atoms with Crippen molar-refractivity contribution < 1.29 is 14.3 Å². The van der Waals surface area contributed by atoms with E-state index in [-0.39, 0.29) is 5.91 Å². The second-order valence-corrected chi connectivity index (χ2v) is 8.23. The molecule has 0 aliphatic carbocycles. The van der Waals surface area contributed by atoms with Gasteiger partial charge in [-0.05, 0) is 42.4 Å². The zero-order valence-electron chi connectivity index (χ0n) is 16.2. The van der Waals surface area contributed by atoms with Gasteiger partial charge in [0.15, 0.2) is 5.82 Å². The first kappa shape index (κ1) is 20.2. The molecule has 1 aromatic carbocycles. The summed E-state index contributed by atoms with van der Waals surface area (Å²) < 4.78 is 11.0. The van der Waals surface area contributed by atoms with Crippen LogP contribution in [0.2, 0.25) is 0 Å². The van der Waals surface area contributed by atoms with Gasteiger partial charge in [-0.3, -0.25) is 19.7 Å². The zero-order chi connectivity index (χ0) is 21.1. The minimum absolute atomic E-state index is 0.183. The number of aryl methyl sites for hydroxylation is 1. The summed E-state index contributed by atoms with van der Waals surface area (Å²) >= 11 is 2.46. The molecular formula is C18H19N7O3S2. The van der Waals surface area contributed by atoms with Crippen LogP contribution in [0, 0.1) is 0 Å². The molecule has 3 aromatic rings. The highest BCUT2D eigenvalue weighted by Gasteiger charge is 2.34. The monoisotopic (exact) mass is 445 g/mol. The molecule has 1 atom stereocenters. The van der Waals surface area contributed by atoms with E-state index in [1.165, 1.54) is 11.8 Å². The van der Waals surface area contributed by atoms with Crippen molar-refractivity contribution in [2.45, 2.75) is 22.5 Å². The Kier molecular flexibility index (Phi) is 5.86. The van der Waals surface area contributed by atoms with Crippen molar-refractivity contribution in [3.8, 4) is 5.75 Å². The maximum atomic E-state index is 12.6. The average molecular weight is 446 g/mol. The van der Waals surface area contributed by atoms with Gasteiger partial charge in [0.05, 0.1) is 7.11 Å². The Morgan fingerprint density at radius 1 is 1.30 bits per heavy atom. The second-order valence-electron chi connectivity index (χ2n) is 6.44. The molecule has 2 N–H and O–H groups in total. The van der Waals surface area contributed by atoms with Crippen LogP contribution >= 0.6 is 23.3 Å². The van der Waals surface area contributed by atoms with Crippen molar-refractivity contribution in [1.29, 1.82) is 0 Å². The SMILES string of the molecule is COc1ccc(Sc2nsc(NC(=O)NC3CCN(c4ccn(C)n4)C3=O)n2)cc1. The van der Waals surface area contributed by atoms with Crippen molar-refractivity contribution >= 4 is 46.2 Å². The van der Waals surface area contributed by atoms with Crippen molar-refractivity contribution in [3.05, 3.63) is 36.5 Å². The molecule has 0 spiro atoms. The van der Waals surface area contributed by atoms with Gasteiger partial charge in [-0.15, -0.1) is 0 Å². The molecule has 3 heterocycles. The number of aromatic nitrogens is 4. The number of carbonyl (C=O) groups is 2. The third-order valence-electron chi connectivity index (χ3n) is 4.38. The summed E-state index contributed by atoms with van der Waals surface area (Å²) in [5.41, 5.74) is 0. The third kappa shape index (κ3) is 4.54. The lowest BCUT2D eigenvalue weighted by Crippen LogP contribution is -2.43. The van der Waals surface area contributed by atoms with Gasteiger partial charge < -0.3 is 10.1 Å². The molecule has 1 saturated heterocycles. The fraction of sp³-hybridized carbons (Fsp3) is 0.278. The van der Waals surface area contributed by atoms with Crippen molar-refractivity contribution in [2.75, 3.05) is 23.9 Å². The molecule has 156 valence electrons. The Balaban J connectivity index is 1.30. The molecule has 10 nitrogen and oxygen atoms in total. The quantitative estimate of drug-likeness (QED) is 0.599. The summed E-state index contributed by atoms with van der Waals surface area (Å²) in [7, 11) is 3.40. The van der Waals surface area contributed by atoms with Crippen molar-refractivity contribution in [3.63, 3.8) is 0 Å². The van der Waals surface area contributed by atoms with Gasteiger partial charge >= 0.3 is 6.03 Å². The molecular weight excluding hydrogens is 426 g/mol. The van der Waals surface area contributed by atoms with E-state index in [1.807, 2.05) is 24.3 Å². The molecule has 12 heteroatoms. The van der Waals surface area contributed by atoms with Gasteiger partial charge in [-0.1, -0.05) is 0 Å². The number of methoxy groups -OCH3 is 1. The predicted molar refractivity (Wildman–Crippen MR) is 113 cm³/mol. The molecule has 0 saturated carbocycles. The Hall–Kier alpha value is -3.12. The number of carbonyl (C=O) groups excluding carboxylic acids is 2. The largest absolute Gasteiger partial charge is 0.497 e. The maximum Gasteiger partial charge on any atom is 0.321 e. The van der Waals surface area contributed by atoms with Crippen LogP contribution in [0.15, 0.2) is 46.6 Å². The third-order valence-corrected chi connectivity index (χ3v) is 6.00. The fourth-order valence-corrected chi connectivity index (χ4v) is 4.34. The highest BCUT2D eigenvalue weighted by Crippen LogP contribution is 2.29. The zero-order valence-corrected chi connectivity index (χ0v) is 17.9. The number of nitrogens with zero attached hydrogens (tertiary/aromatic N) is 5. The fourth-order valence-electron chi connectivity index (χ4n) is 2.93. The second kappa shape index (κ2) is 8.71. The van der Waals surface area contributed by atoms with Crippen LogP contribution < -0.4 is 20.3 Å². The minimum atomic E-state index is -0.604. The van der Waals surface area contributed by atoms with Crippen LogP contribution in [0.4, 0.5) is 15.7 Å². The summed E-state index contributed by atoms with van der Waals surface area (Å²) in [5.74, 6) is 1.17. The van der Waals surface area contributed by atoms with E-state index in [1.54, 1.807) is 36.0 Å². The number of nitrogens with one attached hydrogen (secondary N) is 2. The topological polar surface area (TPSA) is 114 Å². The summed E-state index contributed by atoms with van der Waals surface area (Å²) in [6.07, 6.45) is 2.28. The van der Waals surface area contributed by atoms with E-state index >= 15 is 0 Å². The lowest BCUT2D eigenvalue weighted by molar-refractivity contribution is -0.118. The molecule has 1 aliphatic heterocycles. The number of benzene rings is 1. The molecule has 0 bridgehead atoms. The minimum Gasteiger partial charge on any atom is -0.497 e. The van der Waals surface area contributed by atoms with Crippen LogP contribution in [0.3, 0.4) is 0 Å². The number of hydrogen-bond donors (Lipinski definition) is 2. The normalized spacial score (nSPS) is 16.0. The van der Waals surface area contributed by atoms with Crippen LogP contribution in [0.1, 0.15) is 6.42 Å². The molecule has 3 amide bonds. The van der Waals surface area contributed by atoms with Crippen LogP contribution in [-0.2, 0) is 11.8 Å². The van der Waals surface area contributed by atoms with Gasteiger partial charge in [-0.2, -0.15) is 14.5 Å². The first-order valence-electron chi connectivity index (χ1n) is 9.06. The Labute approximate surface area is 180 Å². The summed E-state index contributed by atoms with van der Waals surface area (Å²) in [4.78, 5) is 31.7. The molecule has 0 radical (unpaired) electrons. The van der Waals surface area contributed by atoms with Gasteiger partial charge in [-0.25, -0.2) is 4.79 Å². The van der Waals surface area contributed by atoms with Crippen LogP contribution in [-0.4, -0.2) is 50.8 Å². The molecule has 1 unspecified atom stereocenters. The maximum absolute atomic E-state index is 12.6. The Morgan fingerprint density at radius 2 is 2.10 bits per heavy atom. The highest BCUT2D eigenvalue weighted by atomic mass is 32.2. The summed E-state index contributed by atoms with van der Waals surface area (Å²) in [6.45, 7) is 0.502. The number of urea groups is 1. The molecule has 30 heavy (non-hydrogen) atoms. The molecule has 4 rings (SSSR count). The smallest absolute Gasteiger partial charge is 0.321 e.